The number of hydrogen-bond donors (Lipinski definition) is 1. The molecule has 0 saturated heterocycles. The van der Waals surface area contributed by atoms with Crippen molar-refractivity contribution in [3.05, 3.63) is 59.7 Å². The maximum Gasteiger partial charge on any atom is 0.335 e. The number of fused-ring (bicyclic) bond motifs is 1. The van der Waals surface area contributed by atoms with Crippen LogP contribution in [0.2, 0.25) is 0 Å². The summed E-state index contributed by atoms with van der Waals surface area (Å²) in [6.45, 7) is 3.98. The van der Waals surface area contributed by atoms with Crippen LogP contribution in [0.1, 0.15) is 34.7 Å². The van der Waals surface area contributed by atoms with E-state index < -0.39 is 5.97 Å². The molecule has 21 heavy (non-hydrogen) atoms. The van der Waals surface area contributed by atoms with Crippen LogP contribution in [0, 0.1) is 6.92 Å². The Balaban J connectivity index is 2.19. The minimum atomic E-state index is -0.934. The highest BCUT2D eigenvalue weighted by Gasteiger charge is 2.16. The number of hydrogen-bond acceptors (Lipinski definition) is 3. The van der Waals surface area contributed by atoms with E-state index in [9.17, 15) is 4.79 Å². The van der Waals surface area contributed by atoms with Crippen molar-refractivity contribution in [2.45, 2.75) is 19.9 Å². The maximum absolute atomic E-state index is 11.2. The zero-order chi connectivity index (χ0) is 15.0. The van der Waals surface area contributed by atoms with Gasteiger partial charge in [-0.05, 0) is 43.7 Å². The molecular weight excluding hydrogens is 266 g/mol. The number of aryl methyl sites for hydroxylation is 1. The summed E-state index contributed by atoms with van der Waals surface area (Å²) in [4.78, 5) is 19.8. The molecule has 0 spiro atoms. The van der Waals surface area contributed by atoms with Crippen molar-refractivity contribution in [2.24, 2.45) is 0 Å². The van der Waals surface area contributed by atoms with Gasteiger partial charge in [0.1, 0.15) is 5.82 Å². The van der Waals surface area contributed by atoms with E-state index >= 15 is 0 Å². The number of rotatable bonds is 3. The molecule has 2 heterocycles. The van der Waals surface area contributed by atoms with Gasteiger partial charge in [0, 0.05) is 12.4 Å². The van der Waals surface area contributed by atoms with Crippen LogP contribution in [-0.4, -0.2) is 25.6 Å². The quantitative estimate of drug-likeness (QED) is 0.801. The van der Waals surface area contributed by atoms with Gasteiger partial charge in [0.25, 0.3) is 0 Å². The van der Waals surface area contributed by atoms with E-state index in [4.69, 9.17) is 5.11 Å². The second-order valence-corrected chi connectivity index (χ2v) is 5.00. The van der Waals surface area contributed by atoms with Crippen LogP contribution in [0.25, 0.3) is 11.0 Å². The summed E-state index contributed by atoms with van der Waals surface area (Å²) in [6, 6.07) is 8.93. The van der Waals surface area contributed by atoms with Crippen LogP contribution in [-0.2, 0) is 0 Å². The van der Waals surface area contributed by atoms with Crippen molar-refractivity contribution in [3.63, 3.8) is 0 Å². The number of imidazole rings is 1. The number of benzene rings is 1. The third-order valence-corrected chi connectivity index (χ3v) is 3.67. The number of aromatic nitrogens is 3. The normalized spacial score (nSPS) is 12.5. The molecule has 5 heteroatoms. The third-order valence-electron chi connectivity index (χ3n) is 3.67. The minimum Gasteiger partial charge on any atom is -0.478 e. The Morgan fingerprint density at radius 3 is 2.81 bits per heavy atom. The Hall–Kier alpha value is -2.69. The summed E-state index contributed by atoms with van der Waals surface area (Å²) in [6.07, 6.45) is 3.55. The predicted molar refractivity (Wildman–Crippen MR) is 79.5 cm³/mol. The van der Waals surface area contributed by atoms with Crippen LogP contribution >= 0.6 is 0 Å². The van der Waals surface area contributed by atoms with Gasteiger partial charge in [-0.25, -0.2) is 9.78 Å². The summed E-state index contributed by atoms with van der Waals surface area (Å²) in [5.74, 6) is -0.0831. The molecule has 0 amide bonds. The summed E-state index contributed by atoms with van der Waals surface area (Å²) in [7, 11) is 0. The molecule has 3 aromatic rings. The molecule has 0 bridgehead atoms. The van der Waals surface area contributed by atoms with E-state index in [0.717, 1.165) is 22.4 Å². The van der Waals surface area contributed by atoms with Gasteiger partial charge >= 0.3 is 5.97 Å². The molecule has 1 N–H and O–H groups in total. The fourth-order valence-electron chi connectivity index (χ4n) is 2.61. The lowest BCUT2D eigenvalue weighted by Crippen LogP contribution is -2.09. The number of carboxylic acids is 1. The van der Waals surface area contributed by atoms with Crippen molar-refractivity contribution in [2.75, 3.05) is 0 Å². The van der Waals surface area contributed by atoms with E-state index in [1.54, 1.807) is 24.4 Å². The zero-order valence-corrected chi connectivity index (χ0v) is 11.8. The van der Waals surface area contributed by atoms with Gasteiger partial charge in [0.2, 0.25) is 0 Å². The van der Waals surface area contributed by atoms with Crippen molar-refractivity contribution >= 4 is 17.0 Å². The highest BCUT2D eigenvalue weighted by molar-refractivity contribution is 5.92. The van der Waals surface area contributed by atoms with Crippen LogP contribution in [0.15, 0.2) is 42.7 Å². The Bertz CT molecular complexity index is 809. The highest BCUT2D eigenvalue weighted by Crippen LogP contribution is 2.26. The van der Waals surface area contributed by atoms with Crippen molar-refractivity contribution in [1.82, 2.24) is 14.5 Å². The van der Waals surface area contributed by atoms with E-state index in [0.29, 0.717) is 0 Å². The largest absolute Gasteiger partial charge is 0.478 e. The molecule has 2 aromatic heterocycles. The molecule has 3 rings (SSSR count). The molecule has 0 fully saturated rings. The molecule has 0 radical (unpaired) electrons. The number of pyridine rings is 1. The van der Waals surface area contributed by atoms with Crippen molar-refractivity contribution in [3.8, 4) is 0 Å². The maximum atomic E-state index is 11.2. The number of carbonyl (C=O) groups is 1. The summed E-state index contributed by atoms with van der Waals surface area (Å²) in [5.41, 5.74) is 2.94. The molecule has 0 aliphatic rings. The molecule has 1 unspecified atom stereocenters. The fourth-order valence-corrected chi connectivity index (χ4v) is 2.61. The van der Waals surface area contributed by atoms with Crippen molar-refractivity contribution < 1.29 is 9.90 Å². The van der Waals surface area contributed by atoms with E-state index in [2.05, 4.69) is 16.9 Å². The van der Waals surface area contributed by atoms with Gasteiger partial charge in [0.05, 0.1) is 22.6 Å². The number of aromatic carboxylic acids is 1. The third kappa shape index (κ3) is 2.27. The van der Waals surface area contributed by atoms with Crippen LogP contribution in [0.4, 0.5) is 0 Å². The Morgan fingerprint density at radius 1 is 1.33 bits per heavy atom. The Kier molecular flexibility index (Phi) is 3.17. The van der Waals surface area contributed by atoms with Gasteiger partial charge in [0.15, 0.2) is 0 Å². The standard InChI is InChI=1S/C16H15N3O2/c1-10(13-4-3-7-17-9-13)19-11(2)18-14-6-5-12(16(20)21)8-15(14)19/h3-10H,1-2H3,(H,20,21). The minimum absolute atomic E-state index is 0.0349. The second-order valence-electron chi connectivity index (χ2n) is 5.00. The van der Waals surface area contributed by atoms with Crippen molar-refractivity contribution in [1.29, 1.82) is 0 Å². The molecule has 1 aromatic carbocycles. The molecular formula is C16H15N3O2. The van der Waals surface area contributed by atoms with E-state index in [1.807, 2.05) is 29.8 Å². The van der Waals surface area contributed by atoms with E-state index in [-0.39, 0.29) is 11.6 Å². The number of nitrogens with zero attached hydrogens (tertiary/aromatic N) is 3. The Labute approximate surface area is 121 Å². The van der Waals surface area contributed by atoms with Gasteiger partial charge in [-0.1, -0.05) is 6.07 Å². The smallest absolute Gasteiger partial charge is 0.335 e. The van der Waals surface area contributed by atoms with Gasteiger partial charge in [-0.3, -0.25) is 4.98 Å². The number of carboxylic acid groups (broad SMARTS) is 1. The Morgan fingerprint density at radius 2 is 2.14 bits per heavy atom. The second kappa shape index (κ2) is 5.01. The fraction of sp³-hybridized carbons (Fsp3) is 0.188. The summed E-state index contributed by atoms with van der Waals surface area (Å²) < 4.78 is 2.04. The summed E-state index contributed by atoms with van der Waals surface area (Å²) in [5, 5.41) is 9.16. The zero-order valence-electron chi connectivity index (χ0n) is 11.8. The lowest BCUT2D eigenvalue weighted by Gasteiger charge is -2.16. The monoisotopic (exact) mass is 281 g/mol. The first-order valence-corrected chi connectivity index (χ1v) is 6.69. The van der Waals surface area contributed by atoms with Crippen LogP contribution in [0.5, 0.6) is 0 Å². The SMILES string of the molecule is Cc1nc2ccc(C(=O)O)cc2n1C(C)c1cccnc1. The first kappa shape index (κ1) is 13.3. The van der Waals surface area contributed by atoms with E-state index in [1.165, 1.54) is 0 Å². The molecule has 0 aliphatic carbocycles. The molecule has 0 aliphatic heterocycles. The molecule has 0 saturated carbocycles. The van der Waals surface area contributed by atoms with Gasteiger partial charge in [-0.2, -0.15) is 0 Å². The van der Waals surface area contributed by atoms with Gasteiger partial charge < -0.3 is 9.67 Å². The lowest BCUT2D eigenvalue weighted by molar-refractivity contribution is 0.0697. The van der Waals surface area contributed by atoms with Crippen LogP contribution < -0.4 is 0 Å². The lowest BCUT2D eigenvalue weighted by atomic mass is 10.1. The molecule has 1 atom stereocenters. The van der Waals surface area contributed by atoms with Gasteiger partial charge in [-0.15, -0.1) is 0 Å². The predicted octanol–water partition coefficient (Wildman–Crippen LogP) is 3.05. The molecule has 5 nitrogen and oxygen atoms in total. The first-order valence-electron chi connectivity index (χ1n) is 6.69. The van der Waals surface area contributed by atoms with Crippen LogP contribution in [0.3, 0.4) is 0 Å². The summed E-state index contributed by atoms with van der Waals surface area (Å²) >= 11 is 0. The first-order chi connectivity index (χ1) is 10.1. The average molecular weight is 281 g/mol. The topological polar surface area (TPSA) is 68.0 Å². The highest BCUT2D eigenvalue weighted by atomic mass is 16.4. The molecule has 106 valence electrons. The average Bonchev–Trinajstić information content (AvgIpc) is 2.82.